The molecule has 3 rings (SSSR count). The third kappa shape index (κ3) is 4.74. The third-order valence-corrected chi connectivity index (χ3v) is 6.90. The lowest BCUT2D eigenvalue weighted by Crippen LogP contribution is -2.30. The lowest BCUT2D eigenvalue weighted by molar-refractivity contribution is 0.0938. The van der Waals surface area contributed by atoms with Gasteiger partial charge in [-0.1, -0.05) is 32.9 Å². The summed E-state index contributed by atoms with van der Waals surface area (Å²) in [7, 11) is -2.55. The van der Waals surface area contributed by atoms with Crippen molar-refractivity contribution in [2.75, 3.05) is 18.7 Å². The molecule has 172 valence electrons. The van der Waals surface area contributed by atoms with Crippen LogP contribution in [-0.2, 0) is 14.9 Å². The number of aromatic nitrogens is 1. The van der Waals surface area contributed by atoms with E-state index in [-0.39, 0.29) is 45.5 Å². The lowest BCUT2D eigenvalue weighted by atomic mass is 10.1. The summed E-state index contributed by atoms with van der Waals surface area (Å²) in [4.78, 5) is 34.3. The van der Waals surface area contributed by atoms with Crippen molar-refractivity contribution in [1.29, 1.82) is 0 Å². The van der Waals surface area contributed by atoms with Crippen LogP contribution in [0, 0.1) is 5.41 Å². The predicted octanol–water partition coefficient (Wildman–Crippen LogP) is 1.71. The Labute approximate surface area is 187 Å². The molecular weight excluding hydrogens is 434 g/mol. The normalized spacial score (nSPS) is 16.9. The molecule has 0 saturated heterocycles. The molecule has 1 aromatic heterocycles. The largest absolute Gasteiger partial charge is 0.365 e. The SMILES string of the molecule is CCNS(=O)(=O)c1ccccc1N(OC)c1cc(C(=O)N[C@H]2CC2(C)C)ncc1C(N)=O. The summed E-state index contributed by atoms with van der Waals surface area (Å²) in [5.74, 6) is -1.22. The first-order chi connectivity index (χ1) is 15.0. The van der Waals surface area contributed by atoms with Gasteiger partial charge in [-0.15, -0.1) is 0 Å². The molecule has 1 heterocycles. The van der Waals surface area contributed by atoms with Gasteiger partial charge in [-0.25, -0.2) is 18.2 Å². The van der Waals surface area contributed by atoms with Crippen LogP contribution in [-0.4, -0.2) is 44.9 Å². The fourth-order valence-corrected chi connectivity index (χ4v) is 4.54. The summed E-state index contributed by atoms with van der Waals surface area (Å²) in [6.07, 6.45) is 2.03. The number of carbonyl (C=O) groups is 2. The fourth-order valence-electron chi connectivity index (χ4n) is 3.32. The zero-order chi connectivity index (χ0) is 23.7. The van der Waals surface area contributed by atoms with Gasteiger partial charge >= 0.3 is 0 Å². The summed E-state index contributed by atoms with van der Waals surface area (Å²) in [5, 5.41) is 4.05. The number of rotatable bonds is 9. The van der Waals surface area contributed by atoms with E-state index in [4.69, 9.17) is 10.6 Å². The average Bonchev–Trinajstić information content (AvgIpc) is 3.34. The molecule has 0 bridgehead atoms. The molecule has 1 aromatic carbocycles. The molecular formula is C21H27N5O5S. The van der Waals surface area contributed by atoms with Crippen LogP contribution in [0.2, 0.25) is 0 Å². The van der Waals surface area contributed by atoms with E-state index in [9.17, 15) is 18.0 Å². The van der Waals surface area contributed by atoms with Gasteiger partial charge in [-0.2, -0.15) is 0 Å². The van der Waals surface area contributed by atoms with E-state index in [0.29, 0.717) is 0 Å². The van der Waals surface area contributed by atoms with Gasteiger partial charge in [0.05, 0.1) is 24.0 Å². The van der Waals surface area contributed by atoms with E-state index < -0.39 is 21.8 Å². The number of primary amides is 1. The van der Waals surface area contributed by atoms with E-state index in [1.807, 2.05) is 13.8 Å². The minimum atomic E-state index is -3.87. The van der Waals surface area contributed by atoms with Crippen LogP contribution >= 0.6 is 0 Å². The zero-order valence-electron chi connectivity index (χ0n) is 18.4. The maximum absolute atomic E-state index is 12.7. The number of sulfonamides is 1. The van der Waals surface area contributed by atoms with E-state index in [1.54, 1.807) is 19.1 Å². The first-order valence-electron chi connectivity index (χ1n) is 10.1. The Balaban J connectivity index is 2.08. The zero-order valence-corrected chi connectivity index (χ0v) is 19.2. The van der Waals surface area contributed by atoms with E-state index in [1.165, 1.54) is 31.5 Å². The lowest BCUT2D eigenvalue weighted by Gasteiger charge is -2.26. The molecule has 0 spiro atoms. The van der Waals surface area contributed by atoms with Crippen LogP contribution in [0.25, 0.3) is 0 Å². The molecule has 10 nitrogen and oxygen atoms in total. The van der Waals surface area contributed by atoms with E-state index >= 15 is 0 Å². The molecule has 2 amide bonds. The molecule has 1 aliphatic rings. The Bertz CT molecular complexity index is 1150. The summed E-state index contributed by atoms with van der Waals surface area (Å²) >= 11 is 0. The standard InChI is InChI=1S/C21H27N5O5S/c1-5-24-32(29,30)17-9-7-6-8-15(17)26(31-4)16-10-14(23-12-13(16)19(22)27)20(28)25-18-11-21(18,2)3/h6-10,12,18,24H,5,11H2,1-4H3,(H2,22,27)(H,25,28)/t18-/m0/s1. The van der Waals surface area contributed by atoms with Gasteiger partial charge in [0, 0.05) is 18.8 Å². The highest BCUT2D eigenvalue weighted by Gasteiger charge is 2.46. The minimum Gasteiger partial charge on any atom is -0.365 e. The third-order valence-electron chi connectivity index (χ3n) is 5.31. The van der Waals surface area contributed by atoms with Crippen molar-refractivity contribution in [3.05, 3.63) is 47.8 Å². The molecule has 2 aromatic rings. The summed E-state index contributed by atoms with van der Waals surface area (Å²) in [6, 6.07) is 7.50. The number of pyridine rings is 1. The number of nitrogens with two attached hydrogens (primary N) is 1. The van der Waals surface area contributed by atoms with Crippen LogP contribution in [0.5, 0.6) is 0 Å². The van der Waals surface area contributed by atoms with Crippen LogP contribution in [0.1, 0.15) is 48.0 Å². The van der Waals surface area contributed by atoms with Crippen LogP contribution in [0.4, 0.5) is 11.4 Å². The van der Waals surface area contributed by atoms with Gasteiger partial charge in [0.2, 0.25) is 10.0 Å². The topological polar surface area (TPSA) is 144 Å². The average molecular weight is 462 g/mol. The number of amides is 2. The van der Waals surface area contributed by atoms with Crippen molar-refractivity contribution in [2.24, 2.45) is 11.1 Å². The fraction of sp³-hybridized carbons (Fsp3) is 0.381. The number of carbonyl (C=O) groups excluding carboxylic acids is 2. The van der Waals surface area contributed by atoms with E-state index in [0.717, 1.165) is 11.5 Å². The molecule has 11 heteroatoms. The first kappa shape index (κ1) is 23.6. The van der Waals surface area contributed by atoms with Crippen LogP contribution in [0.15, 0.2) is 41.4 Å². The minimum absolute atomic E-state index is 0.0177. The summed E-state index contributed by atoms with van der Waals surface area (Å²) in [5.41, 5.74) is 5.77. The molecule has 1 saturated carbocycles. The van der Waals surface area contributed by atoms with Crippen LogP contribution in [0.3, 0.4) is 0 Å². The molecule has 4 N–H and O–H groups in total. The number of hydrogen-bond acceptors (Lipinski definition) is 7. The van der Waals surface area contributed by atoms with Gasteiger partial charge < -0.3 is 11.1 Å². The highest BCUT2D eigenvalue weighted by molar-refractivity contribution is 7.89. The molecule has 32 heavy (non-hydrogen) atoms. The second-order valence-electron chi connectivity index (χ2n) is 8.12. The van der Waals surface area contributed by atoms with Crippen molar-refractivity contribution >= 4 is 33.2 Å². The molecule has 0 unspecified atom stereocenters. The quantitative estimate of drug-likeness (QED) is 0.482. The Morgan fingerprint density at radius 3 is 2.50 bits per heavy atom. The highest BCUT2D eigenvalue weighted by atomic mass is 32.2. The molecule has 0 aliphatic heterocycles. The predicted molar refractivity (Wildman–Crippen MR) is 119 cm³/mol. The van der Waals surface area contributed by atoms with Crippen LogP contribution < -0.4 is 20.8 Å². The Morgan fingerprint density at radius 2 is 1.94 bits per heavy atom. The molecule has 1 atom stereocenters. The smallest absolute Gasteiger partial charge is 0.270 e. The Hall–Kier alpha value is -3.02. The number of nitrogens with zero attached hydrogens (tertiary/aromatic N) is 2. The maximum atomic E-state index is 12.7. The highest BCUT2D eigenvalue weighted by Crippen LogP contribution is 2.44. The number of nitrogens with one attached hydrogen (secondary N) is 2. The van der Waals surface area contributed by atoms with Crippen molar-refractivity contribution in [1.82, 2.24) is 15.0 Å². The van der Waals surface area contributed by atoms with Gasteiger partial charge in [-0.3, -0.25) is 19.4 Å². The summed E-state index contributed by atoms with van der Waals surface area (Å²) < 4.78 is 27.9. The second kappa shape index (κ2) is 8.85. The number of anilines is 2. The van der Waals surface area contributed by atoms with Gasteiger partial charge in [0.15, 0.2) is 0 Å². The second-order valence-corrected chi connectivity index (χ2v) is 9.85. The summed E-state index contributed by atoms with van der Waals surface area (Å²) in [6.45, 7) is 5.93. The van der Waals surface area contributed by atoms with Gasteiger partial charge in [0.25, 0.3) is 11.8 Å². The monoisotopic (exact) mass is 461 g/mol. The molecule has 1 fully saturated rings. The first-order valence-corrected chi connectivity index (χ1v) is 11.5. The number of hydrogen-bond donors (Lipinski definition) is 3. The Kier molecular flexibility index (Phi) is 6.54. The van der Waals surface area contributed by atoms with Crippen molar-refractivity contribution in [3.63, 3.8) is 0 Å². The Morgan fingerprint density at radius 1 is 1.28 bits per heavy atom. The molecule has 1 aliphatic carbocycles. The van der Waals surface area contributed by atoms with E-state index in [2.05, 4.69) is 15.0 Å². The van der Waals surface area contributed by atoms with Gasteiger partial charge in [-0.05, 0) is 30.0 Å². The van der Waals surface area contributed by atoms with Crippen molar-refractivity contribution < 1.29 is 22.8 Å². The number of para-hydroxylation sites is 1. The molecule has 0 radical (unpaired) electrons. The van der Waals surface area contributed by atoms with Crippen molar-refractivity contribution in [3.8, 4) is 0 Å². The maximum Gasteiger partial charge on any atom is 0.270 e. The number of benzene rings is 1. The van der Waals surface area contributed by atoms with Gasteiger partial charge in [0.1, 0.15) is 10.6 Å². The van der Waals surface area contributed by atoms with Crippen molar-refractivity contribution in [2.45, 2.75) is 38.1 Å².